The first-order chi connectivity index (χ1) is 9.16. The van der Waals surface area contributed by atoms with Gasteiger partial charge in [0.1, 0.15) is 5.69 Å². The van der Waals surface area contributed by atoms with Crippen molar-refractivity contribution in [1.29, 1.82) is 0 Å². The third-order valence-electron chi connectivity index (χ3n) is 3.53. The van der Waals surface area contributed by atoms with Crippen molar-refractivity contribution in [2.45, 2.75) is 26.7 Å². The molecule has 3 rings (SSSR count). The summed E-state index contributed by atoms with van der Waals surface area (Å²) in [6.45, 7) is 6.55. The van der Waals surface area contributed by atoms with Crippen LogP contribution in [0, 0.1) is 6.92 Å². The first-order valence-corrected chi connectivity index (χ1v) is 6.62. The Bertz CT molecular complexity index is 711. The number of aryl methyl sites for hydroxylation is 1. The van der Waals surface area contributed by atoms with Gasteiger partial charge < -0.3 is 4.52 Å². The molecule has 0 amide bonds. The van der Waals surface area contributed by atoms with E-state index in [9.17, 15) is 0 Å². The number of rotatable bonds is 2. The normalized spacial score (nSPS) is 11.4. The van der Waals surface area contributed by atoms with Crippen molar-refractivity contribution in [2.24, 2.45) is 0 Å². The number of benzene rings is 2. The molecule has 0 N–H and O–H groups in total. The molecule has 2 aromatic carbocycles. The standard InChI is InChI=1S/C17H17NO/c1-11(2)14-10-15-16(9-12(14)3)19-18-17(15)13-7-5-4-6-8-13/h4-11H,1-3H3. The van der Waals surface area contributed by atoms with Gasteiger partial charge in [-0.3, -0.25) is 0 Å². The Hall–Kier alpha value is -2.09. The predicted molar refractivity (Wildman–Crippen MR) is 78.3 cm³/mol. The van der Waals surface area contributed by atoms with Crippen molar-refractivity contribution in [3.8, 4) is 11.3 Å². The Morgan fingerprint density at radius 1 is 1.05 bits per heavy atom. The minimum atomic E-state index is 0.503. The largest absolute Gasteiger partial charge is 0.356 e. The molecule has 96 valence electrons. The van der Waals surface area contributed by atoms with Crippen molar-refractivity contribution in [1.82, 2.24) is 5.16 Å². The van der Waals surface area contributed by atoms with E-state index in [-0.39, 0.29) is 0 Å². The van der Waals surface area contributed by atoms with Gasteiger partial charge in [-0.05, 0) is 36.1 Å². The number of nitrogens with zero attached hydrogens (tertiary/aromatic N) is 1. The van der Waals surface area contributed by atoms with Gasteiger partial charge in [-0.25, -0.2) is 0 Å². The average molecular weight is 251 g/mol. The van der Waals surface area contributed by atoms with E-state index in [1.807, 2.05) is 18.2 Å². The van der Waals surface area contributed by atoms with Crippen LogP contribution in [0.5, 0.6) is 0 Å². The molecule has 0 saturated carbocycles. The van der Waals surface area contributed by atoms with E-state index in [1.165, 1.54) is 11.1 Å². The lowest BCUT2D eigenvalue weighted by atomic mass is 9.95. The van der Waals surface area contributed by atoms with Crippen LogP contribution in [-0.2, 0) is 0 Å². The van der Waals surface area contributed by atoms with Crippen LogP contribution >= 0.6 is 0 Å². The molecule has 0 spiro atoms. The van der Waals surface area contributed by atoms with Gasteiger partial charge >= 0.3 is 0 Å². The lowest BCUT2D eigenvalue weighted by molar-refractivity contribution is 0.459. The predicted octanol–water partition coefficient (Wildman–Crippen LogP) is 4.93. The van der Waals surface area contributed by atoms with Crippen LogP contribution in [0.3, 0.4) is 0 Å². The maximum absolute atomic E-state index is 5.47. The molecule has 1 aromatic heterocycles. The van der Waals surface area contributed by atoms with Crippen molar-refractivity contribution < 1.29 is 4.52 Å². The van der Waals surface area contributed by atoms with Gasteiger partial charge in [0.15, 0.2) is 5.58 Å². The second-order valence-corrected chi connectivity index (χ2v) is 5.26. The SMILES string of the molecule is Cc1cc2onc(-c3ccccc3)c2cc1C(C)C. The number of fused-ring (bicyclic) bond motifs is 1. The van der Waals surface area contributed by atoms with E-state index in [4.69, 9.17) is 4.52 Å². The molecule has 0 radical (unpaired) electrons. The molecule has 0 atom stereocenters. The summed E-state index contributed by atoms with van der Waals surface area (Å²) in [5.74, 6) is 0.503. The Labute approximate surface area is 113 Å². The fraction of sp³-hybridized carbons (Fsp3) is 0.235. The van der Waals surface area contributed by atoms with Gasteiger partial charge in [-0.1, -0.05) is 49.3 Å². The van der Waals surface area contributed by atoms with Gasteiger partial charge in [0, 0.05) is 10.9 Å². The maximum Gasteiger partial charge on any atom is 0.167 e. The number of hydrogen-bond acceptors (Lipinski definition) is 2. The molecule has 0 aliphatic carbocycles. The zero-order valence-corrected chi connectivity index (χ0v) is 11.5. The minimum absolute atomic E-state index is 0.503. The lowest BCUT2D eigenvalue weighted by Gasteiger charge is -2.09. The molecule has 0 unspecified atom stereocenters. The average Bonchev–Trinajstić information content (AvgIpc) is 2.81. The zero-order chi connectivity index (χ0) is 13.4. The summed E-state index contributed by atoms with van der Waals surface area (Å²) in [5, 5.41) is 5.33. The molecule has 2 nitrogen and oxygen atoms in total. The summed E-state index contributed by atoms with van der Waals surface area (Å²) in [5.41, 5.74) is 5.50. The van der Waals surface area contributed by atoms with Crippen LogP contribution < -0.4 is 0 Å². The monoisotopic (exact) mass is 251 g/mol. The Morgan fingerprint density at radius 3 is 2.47 bits per heavy atom. The highest BCUT2D eigenvalue weighted by Gasteiger charge is 2.13. The summed E-state index contributed by atoms with van der Waals surface area (Å²) in [4.78, 5) is 0. The van der Waals surface area contributed by atoms with Crippen molar-refractivity contribution in [2.75, 3.05) is 0 Å². The molecule has 0 aliphatic heterocycles. The topological polar surface area (TPSA) is 26.0 Å². The molecule has 0 bridgehead atoms. The molecule has 0 saturated heterocycles. The van der Waals surface area contributed by atoms with E-state index >= 15 is 0 Å². The van der Waals surface area contributed by atoms with Gasteiger partial charge in [0.05, 0.1) is 0 Å². The summed E-state index contributed by atoms with van der Waals surface area (Å²) in [6.07, 6.45) is 0. The fourth-order valence-electron chi connectivity index (χ4n) is 2.53. The van der Waals surface area contributed by atoms with Crippen molar-refractivity contribution in [3.63, 3.8) is 0 Å². The molecule has 1 heterocycles. The Morgan fingerprint density at radius 2 is 1.79 bits per heavy atom. The van der Waals surface area contributed by atoms with Crippen LogP contribution in [0.2, 0.25) is 0 Å². The zero-order valence-electron chi connectivity index (χ0n) is 11.5. The van der Waals surface area contributed by atoms with Crippen LogP contribution in [0.25, 0.3) is 22.2 Å². The Kier molecular flexibility index (Phi) is 2.86. The van der Waals surface area contributed by atoms with Gasteiger partial charge in [0.25, 0.3) is 0 Å². The quantitative estimate of drug-likeness (QED) is 0.645. The molecule has 2 heteroatoms. The fourth-order valence-corrected chi connectivity index (χ4v) is 2.53. The van der Waals surface area contributed by atoms with E-state index in [0.29, 0.717) is 5.92 Å². The lowest BCUT2D eigenvalue weighted by Crippen LogP contribution is -1.91. The summed E-state index contributed by atoms with van der Waals surface area (Å²) < 4.78 is 5.47. The molecule has 0 aliphatic rings. The van der Waals surface area contributed by atoms with Crippen molar-refractivity contribution in [3.05, 3.63) is 53.6 Å². The van der Waals surface area contributed by atoms with Crippen LogP contribution in [0.4, 0.5) is 0 Å². The minimum Gasteiger partial charge on any atom is -0.356 e. The number of hydrogen-bond donors (Lipinski definition) is 0. The third-order valence-corrected chi connectivity index (χ3v) is 3.53. The highest BCUT2D eigenvalue weighted by molar-refractivity contribution is 5.92. The van der Waals surface area contributed by atoms with E-state index in [1.54, 1.807) is 0 Å². The summed E-state index contributed by atoms with van der Waals surface area (Å²) in [7, 11) is 0. The molecular weight excluding hydrogens is 234 g/mol. The molecular formula is C17H17NO. The molecule has 19 heavy (non-hydrogen) atoms. The second-order valence-electron chi connectivity index (χ2n) is 5.26. The highest BCUT2D eigenvalue weighted by Crippen LogP contribution is 2.32. The second kappa shape index (κ2) is 4.54. The summed E-state index contributed by atoms with van der Waals surface area (Å²) >= 11 is 0. The smallest absolute Gasteiger partial charge is 0.167 e. The molecule has 3 aromatic rings. The maximum atomic E-state index is 5.47. The number of aromatic nitrogens is 1. The van der Waals surface area contributed by atoms with E-state index in [0.717, 1.165) is 22.2 Å². The van der Waals surface area contributed by atoms with E-state index in [2.05, 4.69) is 50.2 Å². The van der Waals surface area contributed by atoms with Crippen LogP contribution in [0.1, 0.15) is 30.9 Å². The van der Waals surface area contributed by atoms with Gasteiger partial charge in [-0.2, -0.15) is 0 Å². The highest BCUT2D eigenvalue weighted by atomic mass is 16.5. The van der Waals surface area contributed by atoms with Crippen LogP contribution in [0.15, 0.2) is 47.0 Å². The van der Waals surface area contributed by atoms with Gasteiger partial charge in [-0.15, -0.1) is 0 Å². The van der Waals surface area contributed by atoms with Crippen LogP contribution in [-0.4, -0.2) is 5.16 Å². The summed E-state index contributed by atoms with van der Waals surface area (Å²) in [6, 6.07) is 14.5. The Balaban J connectivity index is 2.25. The third kappa shape index (κ3) is 2.03. The first-order valence-electron chi connectivity index (χ1n) is 6.62. The molecule has 0 fully saturated rings. The van der Waals surface area contributed by atoms with Gasteiger partial charge in [0.2, 0.25) is 0 Å². The van der Waals surface area contributed by atoms with E-state index < -0.39 is 0 Å². The van der Waals surface area contributed by atoms with Crippen molar-refractivity contribution >= 4 is 11.0 Å². The first kappa shape index (κ1) is 12.0.